The molecule has 3 heteroatoms. The van der Waals surface area contributed by atoms with E-state index in [0.29, 0.717) is 5.92 Å². The molecule has 2 nitrogen and oxygen atoms in total. The zero-order valence-electron chi connectivity index (χ0n) is 9.60. The summed E-state index contributed by atoms with van der Waals surface area (Å²) in [5.74, 6) is 0.628. The van der Waals surface area contributed by atoms with Crippen LogP contribution in [0.25, 0.3) is 0 Å². The largest absolute Gasteiger partial charge is 0.282 e. The molecule has 0 radical (unpaired) electrons. The first-order valence-corrected chi connectivity index (χ1v) is 6.40. The van der Waals surface area contributed by atoms with Crippen LogP contribution in [0.1, 0.15) is 32.2 Å². The molecule has 1 aromatic rings. The summed E-state index contributed by atoms with van der Waals surface area (Å²) in [4.78, 5) is 8.73. The number of rotatable bonds is 2. The Hall–Kier alpha value is -0.960. The maximum atomic E-state index is 4.50. The third-order valence-electron chi connectivity index (χ3n) is 2.20. The number of hydrogen-bond donors (Lipinski definition) is 0. The van der Waals surface area contributed by atoms with Crippen LogP contribution in [-0.2, 0) is 0 Å². The Bertz CT molecular complexity index is 325. The molecule has 2 heterocycles. The minimum absolute atomic E-state index is 0.628. The summed E-state index contributed by atoms with van der Waals surface area (Å²) in [6, 6.07) is 0. The molecule has 1 atom stereocenters. The fourth-order valence-corrected chi connectivity index (χ4v) is 1.94. The number of allylic oxidation sites excluding steroid dienone is 1. The average molecular weight is 222 g/mol. The second-order valence-corrected chi connectivity index (χ2v) is 3.99. The van der Waals surface area contributed by atoms with Crippen molar-refractivity contribution in [1.82, 2.24) is 4.98 Å². The molecule has 1 aliphatic heterocycles. The van der Waals surface area contributed by atoms with Crippen LogP contribution in [0, 0.1) is 5.92 Å². The maximum Gasteiger partial charge on any atom is 0.141 e. The third kappa shape index (κ3) is 3.27. The summed E-state index contributed by atoms with van der Waals surface area (Å²) in [6.07, 6.45) is 7.33. The molecule has 0 N–H and O–H groups in total. The first-order valence-electron chi connectivity index (χ1n) is 5.52. The lowest BCUT2D eigenvalue weighted by molar-refractivity contribution is 0.636. The minimum atomic E-state index is 0.628. The number of hydrogen-bond acceptors (Lipinski definition) is 3. The molecule has 15 heavy (non-hydrogen) atoms. The van der Waals surface area contributed by atoms with Gasteiger partial charge in [0.15, 0.2) is 0 Å². The molecule has 0 fully saturated rings. The van der Waals surface area contributed by atoms with Gasteiger partial charge < -0.3 is 0 Å². The molecule has 82 valence electrons. The van der Waals surface area contributed by atoms with E-state index < -0.39 is 0 Å². The van der Waals surface area contributed by atoms with Crippen LogP contribution in [0.3, 0.4) is 0 Å². The van der Waals surface area contributed by atoms with Gasteiger partial charge in [-0.2, -0.15) is 0 Å². The van der Waals surface area contributed by atoms with Crippen molar-refractivity contribution in [3.05, 3.63) is 28.7 Å². The highest BCUT2D eigenvalue weighted by Crippen LogP contribution is 2.15. The van der Waals surface area contributed by atoms with Crippen molar-refractivity contribution in [3.8, 4) is 0 Å². The molecule has 0 aliphatic carbocycles. The highest BCUT2D eigenvalue weighted by molar-refractivity contribution is 7.11. The van der Waals surface area contributed by atoms with Gasteiger partial charge in [0.1, 0.15) is 5.01 Å². The molecule has 0 amide bonds. The molecule has 1 aliphatic rings. The highest BCUT2D eigenvalue weighted by Gasteiger charge is 2.10. The quantitative estimate of drug-likeness (QED) is 0.751. The van der Waals surface area contributed by atoms with Gasteiger partial charge in [-0.05, 0) is 18.4 Å². The van der Waals surface area contributed by atoms with E-state index in [9.17, 15) is 0 Å². The monoisotopic (exact) mass is 222 g/mol. The molecule has 0 saturated heterocycles. The standard InChI is InChI=1S/C10H12N2S.C2H6/c1-2-8-3-4-9(12-7-8)10-11-5-6-13-10;1-2/h3-6,8H,2,7H2,1H3;1-2H3. The van der Waals surface area contributed by atoms with Gasteiger partial charge in [-0.15, -0.1) is 11.3 Å². The second-order valence-electron chi connectivity index (χ2n) is 3.09. The Labute approximate surface area is 95.8 Å². The molecule has 0 bridgehead atoms. The van der Waals surface area contributed by atoms with Gasteiger partial charge in [0.05, 0.1) is 5.71 Å². The fraction of sp³-hybridized carbons (Fsp3) is 0.500. The van der Waals surface area contributed by atoms with Gasteiger partial charge >= 0.3 is 0 Å². The molecular formula is C12H18N2S. The summed E-state index contributed by atoms with van der Waals surface area (Å²) in [5, 5.41) is 3.02. The van der Waals surface area contributed by atoms with Crippen LogP contribution in [0.15, 0.2) is 28.7 Å². The van der Waals surface area contributed by atoms with Crippen LogP contribution < -0.4 is 0 Å². The van der Waals surface area contributed by atoms with Crippen LogP contribution in [-0.4, -0.2) is 17.2 Å². The average Bonchev–Trinajstić information content (AvgIpc) is 2.85. The Morgan fingerprint density at radius 2 is 2.27 bits per heavy atom. The SMILES string of the molecule is CC.CCC1C=CC(c2nccs2)=NC1. The molecule has 0 spiro atoms. The molecule has 0 aromatic carbocycles. The lowest BCUT2D eigenvalue weighted by Gasteiger charge is -2.11. The molecule has 2 rings (SSSR count). The van der Waals surface area contributed by atoms with Crippen molar-refractivity contribution in [1.29, 1.82) is 0 Å². The normalized spacial score (nSPS) is 19.1. The highest BCUT2D eigenvalue weighted by atomic mass is 32.1. The lowest BCUT2D eigenvalue weighted by atomic mass is 10.0. The predicted octanol–water partition coefficient (Wildman–Crippen LogP) is 3.55. The van der Waals surface area contributed by atoms with Crippen molar-refractivity contribution in [3.63, 3.8) is 0 Å². The van der Waals surface area contributed by atoms with Crippen molar-refractivity contribution in [2.24, 2.45) is 10.9 Å². The van der Waals surface area contributed by atoms with Gasteiger partial charge in [-0.1, -0.05) is 26.8 Å². The third-order valence-corrected chi connectivity index (χ3v) is 2.99. The van der Waals surface area contributed by atoms with Crippen LogP contribution >= 0.6 is 11.3 Å². The Morgan fingerprint density at radius 1 is 1.47 bits per heavy atom. The Kier molecular flexibility index (Phi) is 5.26. The molecule has 0 saturated carbocycles. The van der Waals surface area contributed by atoms with Crippen LogP contribution in [0.4, 0.5) is 0 Å². The summed E-state index contributed by atoms with van der Waals surface area (Å²) in [6.45, 7) is 7.11. The predicted molar refractivity (Wildman–Crippen MR) is 67.8 cm³/mol. The molecule has 1 unspecified atom stereocenters. The van der Waals surface area contributed by atoms with E-state index in [4.69, 9.17) is 0 Å². The van der Waals surface area contributed by atoms with Gasteiger partial charge in [0.2, 0.25) is 0 Å². The van der Waals surface area contributed by atoms with E-state index in [1.54, 1.807) is 11.3 Å². The summed E-state index contributed by atoms with van der Waals surface area (Å²) < 4.78 is 0. The van der Waals surface area contributed by atoms with E-state index in [2.05, 4.69) is 29.1 Å². The molecule has 1 aromatic heterocycles. The summed E-state index contributed by atoms with van der Waals surface area (Å²) in [7, 11) is 0. The van der Waals surface area contributed by atoms with Gasteiger partial charge in [0.25, 0.3) is 0 Å². The van der Waals surface area contributed by atoms with Gasteiger partial charge in [-0.3, -0.25) is 4.99 Å². The van der Waals surface area contributed by atoms with E-state index in [0.717, 1.165) is 17.3 Å². The van der Waals surface area contributed by atoms with Crippen LogP contribution in [0.2, 0.25) is 0 Å². The van der Waals surface area contributed by atoms with Crippen molar-refractivity contribution in [2.45, 2.75) is 27.2 Å². The van der Waals surface area contributed by atoms with E-state index in [-0.39, 0.29) is 0 Å². The number of thiazole rings is 1. The second kappa shape index (κ2) is 6.51. The summed E-state index contributed by atoms with van der Waals surface area (Å²) in [5.41, 5.74) is 1.04. The lowest BCUT2D eigenvalue weighted by Crippen LogP contribution is -2.09. The number of aliphatic imine (C=N–C) groups is 1. The number of dihydropyridines is 1. The first-order chi connectivity index (χ1) is 7.40. The zero-order valence-corrected chi connectivity index (χ0v) is 10.4. The van der Waals surface area contributed by atoms with Gasteiger partial charge in [0, 0.05) is 18.1 Å². The number of nitrogens with zero attached hydrogens (tertiary/aromatic N) is 2. The number of aromatic nitrogens is 1. The van der Waals surface area contributed by atoms with Gasteiger partial charge in [-0.25, -0.2) is 4.98 Å². The first kappa shape index (κ1) is 12.1. The Balaban J connectivity index is 0.000000531. The molecular weight excluding hydrogens is 204 g/mol. The van der Waals surface area contributed by atoms with Crippen molar-refractivity contribution in [2.75, 3.05) is 6.54 Å². The minimum Gasteiger partial charge on any atom is -0.282 e. The smallest absolute Gasteiger partial charge is 0.141 e. The summed E-state index contributed by atoms with van der Waals surface area (Å²) >= 11 is 1.65. The van der Waals surface area contributed by atoms with E-state index in [1.165, 1.54) is 6.42 Å². The van der Waals surface area contributed by atoms with Crippen molar-refractivity contribution < 1.29 is 0 Å². The maximum absolute atomic E-state index is 4.50. The van der Waals surface area contributed by atoms with Crippen LogP contribution in [0.5, 0.6) is 0 Å². The Morgan fingerprint density at radius 3 is 2.73 bits per heavy atom. The van der Waals surface area contributed by atoms with Crippen molar-refractivity contribution >= 4 is 17.0 Å². The fourth-order valence-electron chi connectivity index (χ4n) is 1.31. The van der Waals surface area contributed by atoms with E-state index >= 15 is 0 Å². The zero-order chi connectivity index (χ0) is 11.1. The topological polar surface area (TPSA) is 25.2 Å². The van der Waals surface area contributed by atoms with E-state index in [1.807, 2.05) is 25.4 Å².